The quantitative estimate of drug-likeness (QED) is 0.0442. The molecule has 3 aromatic carbocycles. The minimum atomic E-state index is -6.35. The number of ether oxygens (including phenoxy) is 2. The second kappa shape index (κ2) is 15.7. The number of piperidine rings is 1. The molecule has 348 valence electrons. The molecule has 2 atom stereocenters. The summed E-state index contributed by atoms with van der Waals surface area (Å²) >= 11 is 0. The number of fused-ring (bicyclic) bond motifs is 4. The zero-order valence-electron chi connectivity index (χ0n) is 36.7. The van der Waals surface area contributed by atoms with E-state index >= 15 is 26.3 Å². The number of carbonyl (C=O) groups is 2. The lowest BCUT2D eigenvalue weighted by Gasteiger charge is -2.46. The lowest BCUT2D eigenvalue weighted by atomic mass is 9.77. The first-order valence-electron chi connectivity index (χ1n) is 20.8. The average Bonchev–Trinajstić information content (AvgIpc) is 3.21. The van der Waals surface area contributed by atoms with Crippen molar-refractivity contribution in [2.45, 2.75) is 121 Å². The number of alkyl halides is 4. The van der Waals surface area contributed by atoms with E-state index in [2.05, 4.69) is 0 Å². The van der Waals surface area contributed by atoms with Crippen LogP contribution in [0.1, 0.15) is 125 Å². The van der Waals surface area contributed by atoms with Crippen LogP contribution in [-0.2, 0) is 19.6 Å². The van der Waals surface area contributed by atoms with E-state index in [1.807, 2.05) is 0 Å². The van der Waals surface area contributed by atoms with Crippen LogP contribution >= 0.6 is 0 Å². The highest BCUT2D eigenvalue weighted by Gasteiger charge is 2.55. The second-order valence-corrected chi connectivity index (χ2v) is 20.5. The number of hydrogen-bond acceptors (Lipinski definition) is 8. The molecule has 4 aliphatic rings. The smallest absolute Gasteiger partial charge is 0.341 e. The maximum Gasteiger partial charge on any atom is 0.341 e. The molecule has 1 fully saturated rings. The van der Waals surface area contributed by atoms with Crippen LogP contribution in [0, 0.1) is 28.7 Å². The molecule has 4 heterocycles. The summed E-state index contributed by atoms with van der Waals surface area (Å²) in [5, 5.41) is -5.47. The van der Waals surface area contributed by atoms with Crippen LogP contribution < -0.4 is 24.8 Å². The molecule has 1 saturated heterocycles. The van der Waals surface area contributed by atoms with Crippen LogP contribution in [0.3, 0.4) is 0 Å². The van der Waals surface area contributed by atoms with Gasteiger partial charge in [0.05, 0.1) is 23.0 Å². The van der Waals surface area contributed by atoms with Gasteiger partial charge in [0, 0.05) is 90.1 Å². The van der Waals surface area contributed by atoms with Crippen molar-refractivity contribution in [3.05, 3.63) is 85.9 Å². The van der Waals surface area contributed by atoms with Gasteiger partial charge in [0.2, 0.25) is 11.8 Å². The van der Waals surface area contributed by atoms with Crippen molar-refractivity contribution in [3.63, 3.8) is 0 Å². The second-order valence-electron chi connectivity index (χ2n) is 19.1. The van der Waals surface area contributed by atoms with E-state index < -0.39 is 125 Å². The van der Waals surface area contributed by atoms with Crippen molar-refractivity contribution >= 4 is 33.3 Å². The standard InChI is InChI=1S/C45H49F8N3O7S/c1-10-42(2,3)41(58)62-21-11-13-56(14-12-21)40(57)34-33(35(46)37(48)38(49)36(34)47)32-24-15-22-26(39(50)51)19-43(4,5)54(8)28(22)17-30(24)63-31-18-29-23(16-25(31)32)27(20-44(6,7)55(29)9)45(52,53)64(59,60)61/h15-18,21,26-27,39H,10-14,19-20H2,1-9H3. The molecular weight excluding hydrogens is 879 g/mol. The Morgan fingerprint density at radius 3 is 2.12 bits per heavy atom. The van der Waals surface area contributed by atoms with Gasteiger partial charge in [0.15, 0.2) is 38.9 Å². The third-order valence-corrected chi connectivity index (χ3v) is 14.9. The fraction of sp³-hybridized carbons (Fsp3) is 0.533. The maximum absolute atomic E-state index is 16.9. The van der Waals surface area contributed by atoms with Gasteiger partial charge in [0.1, 0.15) is 24.7 Å². The Labute approximate surface area is 365 Å². The van der Waals surface area contributed by atoms with E-state index in [1.165, 1.54) is 43.7 Å². The predicted octanol–water partition coefficient (Wildman–Crippen LogP) is 7.67. The first-order chi connectivity index (χ1) is 29.5. The van der Waals surface area contributed by atoms with Gasteiger partial charge in [-0.15, -0.1) is 0 Å². The zero-order valence-corrected chi connectivity index (χ0v) is 37.5. The Morgan fingerprint density at radius 2 is 1.55 bits per heavy atom. The average molecular weight is 928 g/mol. The molecule has 0 aromatic heterocycles. The molecular formula is C45H49F8N3O7S. The first-order valence-corrected chi connectivity index (χ1v) is 22.2. The lowest BCUT2D eigenvalue weighted by molar-refractivity contribution is -0.161. The monoisotopic (exact) mass is 927 g/mol. The molecule has 10 nitrogen and oxygen atoms in total. The highest BCUT2D eigenvalue weighted by Crippen LogP contribution is 2.51. The van der Waals surface area contributed by atoms with Crippen molar-refractivity contribution < 1.29 is 67.2 Å². The summed E-state index contributed by atoms with van der Waals surface area (Å²) in [6.07, 6.45) is -3.91. The number of anilines is 1. The van der Waals surface area contributed by atoms with E-state index in [4.69, 9.17) is 9.47 Å². The highest BCUT2D eigenvalue weighted by molar-refractivity contribution is 7.86. The number of benzene rings is 3. The summed E-state index contributed by atoms with van der Waals surface area (Å²) in [7, 11) is -3.21. The third-order valence-electron chi connectivity index (χ3n) is 14.0. The number of rotatable bonds is 8. The Balaban J connectivity index is 1.55. The number of carbonyl (C=O) groups excluding carboxylic acids is 2. The van der Waals surface area contributed by atoms with Gasteiger partial charge in [-0.2, -0.15) is 8.78 Å². The normalized spacial score (nSPS) is 20.9. The zero-order chi connectivity index (χ0) is 47.5. The Kier molecular flexibility index (Phi) is 11.6. The molecule has 0 aliphatic carbocycles. The van der Waals surface area contributed by atoms with E-state index in [0.717, 1.165) is 11.0 Å². The molecule has 0 spiro atoms. The summed E-state index contributed by atoms with van der Waals surface area (Å²) < 4.78 is 177. The number of likely N-dealkylation sites (tertiary alicyclic amines) is 1. The van der Waals surface area contributed by atoms with Gasteiger partial charge in [-0.3, -0.25) is 9.59 Å². The number of amides is 1. The van der Waals surface area contributed by atoms with Crippen molar-refractivity contribution in [3.8, 4) is 11.5 Å². The number of nitrogens with zero attached hydrogens (tertiary/aromatic N) is 3. The van der Waals surface area contributed by atoms with Gasteiger partial charge in [-0.1, -0.05) is 6.92 Å². The van der Waals surface area contributed by atoms with Crippen LogP contribution in [0.15, 0.2) is 24.3 Å². The van der Waals surface area contributed by atoms with Crippen molar-refractivity contribution in [2.24, 2.45) is 5.41 Å². The SMILES string of the molecule is CCC(C)(C)C(=O)OC1CCN(C(=O)c2c(F)c(F)c(F)c(F)c2C2=c3cc4c(cc3Oc3cc5c(cc32)C(C(F)F)CC(C)(C)N5C)=[N+](C)C(C)(C)CC4C(F)(F)S(=O)(=O)[O-])CC1. The highest BCUT2D eigenvalue weighted by atomic mass is 32.2. The predicted molar refractivity (Wildman–Crippen MR) is 218 cm³/mol. The molecule has 0 saturated carbocycles. The Hall–Kier alpha value is -4.78. The van der Waals surface area contributed by atoms with Crippen LogP contribution in [-0.4, -0.2) is 85.8 Å². The van der Waals surface area contributed by atoms with E-state index in [1.54, 1.807) is 46.6 Å². The van der Waals surface area contributed by atoms with E-state index in [-0.39, 0.29) is 66.0 Å². The molecule has 0 bridgehead atoms. The summed E-state index contributed by atoms with van der Waals surface area (Å²) in [5.41, 5.74) is -6.71. The number of halogens is 8. The first kappa shape index (κ1) is 47.2. The summed E-state index contributed by atoms with van der Waals surface area (Å²) in [6, 6.07) is 4.63. The van der Waals surface area contributed by atoms with Crippen LogP contribution in [0.25, 0.3) is 5.57 Å². The van der Waals surface area contributed by atoms with Crippen LogP contribution in [0.5, 0.6) is 11.5 Å². The topological polar surface area (TPSA) is 119 Å². The lowest BCUT2D eigenvalue weighted by Crippen LogP contribution is -2.55. The molecule has 0 radical (unpaired) electrons. The van der Waals surface area contributed by atoms with Crippen LogP contribution in [0.4, 0.5) is 40.8 Å². The van der Waals surface area contributed by atoms with Crippen molar-refractivity contribution in [1.29, 1.82) is 0 Å². The van der Waals surface area contributed by atoms with Crippen molar-refractivity contribution in [2.75, 3.05) is 32.1 Å². The molecule has 1 amide bonds. The molecule has 0 N–H and O–H groups in total. The molecule has 2 unspecified atom stereocenters. The fourth-order valence-corrected chi connectivity index (χ4v) is 9.72. The van der Waals surface area contributed by atoms with Gasteiger partial charge in [-0.05, 0) is 72.1 Å². The van der Waals surface area contributed by atoms with Gasteiger partial charge in [-0.25, -0.2) is 39.3 Å². The number of esters is 1. The van der Waals surface area contributed by atoms with Crippen molar-refractivity contribution in [1.82, 2.24) is 9.48 Å². The third kappa shape index (κ3) is 7.51. The maximum atomic E-state index is 16.9. The molecule has 3 aromatic rings. The van der Waals surface area contributed by atoms with Gasteiger partial charge >= 0.3 is 11.2 Å². The molecule has 7 rings (SSSR count). The largest absolute Gasteiger partial charge is 0.743 e. The minimum Gasteiger partial charge on any atom is -0.743 e. The van der Waals surface area contributed by atoms with E-state index in [0.29, 0.717) is 6.42 Å². The Bertz CT molecular complexity index is 2730. The molecule has 19 heteroatoms. The Morgan fingerprint density at radius 1 is 0.938 bits per heavy atom. The van der Waals surface area contributed by atoms with E-state index in [9.17, 15) is 31.3 Å². The summed E-state index contributed by atoms with van der Waals surface area (Å²) in [6.45, 7) is 11.2. The van der Waals surface area contributed by atoms with Gasteiger partial charge < -0.3 is 23.8 Å². The number of hydrogen-bond donors (Lipinski definition) is 0. The molecule has 64 heavy (non-hydrogen) atoms. The fourth-order valence-electron chi connectivity index (χ4n) is 9.16. The summed E-state index contributed by atoms with van der Waals surface area (Å²) in [5.74, 6) is -15.1. The molecule has 4 aliphatic heterocycles. The van der Waals surface area contributed by atoms with Crippen LogP contribution in [0.2, 0.25) is 0 Å². The minimum absolute atomic E-state index is 0.0235. The van der Waals surface area contributed by atoms with Gasteiger partial charge in [0.25, 0.3) is 5.91 Å². The summed E-state index contributed by atoms with van der Waals surface area (Å²) in [4.78, 5) is 30.1.